The Balaban J connectivity index is 1.46. The molecule has 1 aliphatic carbocycles. The molecule has 1 aromatic carbocycles. The molecule has 1 aliphatic heterocycles. The number of nitro benzene ring substituents is 1. The number of benzene rings is 1. The number of piperazine rings is 1. The Labute approximate surface area is 179 Å². The normalized spacial score (nSPS) is 17.9. The molecule has 10 heteroatoms. The summed E-state index contributed by atoms with van der Waals surface area (Å²) in [6.45, 7) is 0.763. The Morgan fingerprint density at radius 1 is 1.03 bits per heavy atom. The largest absolute Gasteiger partial charge is 0.335 e. The van der Waals surface area contributed by atoms with Gasteiger partial charge in [-0.05, 0) is 43.4 Å². The van der Waals surface area contributed by atoms with Crippen LogP contribution in [-0.4, -0.2) is 54.6 Å². The average molecular weight is 450 g/mol. The number of fused-ring (bicyclic) bond motifs is 1. The van der Waals surface area contributed by atoms with E-state index in [-0.39, 0.29) is 37.0 Å². The number of rotatable bonds is 4. The van der Waals surface area contributed by atoms with Crippen molar-refractivity contribution in [3.63, 3.8) is 0 Å². The van der Waals surface area contributed by atoms with Crippen LogP contribution in [0.4, 0.5) is 5.69 Å². The van der Waals surface area contributed by atoms with E-state index >= 15 is 0 Å². The Bertz CT molecular complexity index is 1050. The molecular weight excluding hydrogens is 426 g/mol. The van der Waals surface area contributed by atoms with Crippen LogP contribution >= 0.6 is 11.3 Å². The van der Waals surface area contributed by atoms with Crippen LogP contribution < -0.4 is 0 Å². The maximum atomic E-state index is 13.0. The lowest BCUT2D eigenvalue weighted by Crippen LogP contribution is -2.50. The smallest absolute Gasteiger partial charge is 0.289 e. The lowest BCUT2D eigenvalue weighted by atomic mass is 10.1. The number of thiophene rings is 1. The van der Waals surface area contributed by atoms with Crippen molar-refractivity contribution in [2.24, 2.45) is 0 Å². The zero-order valence-corrected chi connectivity index (χ0v) is 18.1. The molecule has 8 nitrogen and oxygen atoms in total. The summed E-state index contributed by atoms with van der Waals surface area (Å²) >= 11 is 1.56. The number of carbonyl (C=O) groups excluding carboxylic acids is 1. The van der Waals surface area contributed by atoms with Crippen molar-refractivity contribution in [1.82, 2.24) is 9.21 Å². The highest BCUT2D eigenvalue weighted by Crippen LogP contribution is 2.31. The fourth-order valence-corrected chi connectivity index (χ4v) is 6.83. The second-order valence-corrected chi connectivity index (χ2v) is 10.6. The summed E-state index contributed by atoms with van der Waals surface area (Å²) in [6, 6.07) is 7.36. The van der Waals surface area contributed by atoms with Gasteiger partial charge in [0.25, 0.3) is 11.6 Å². The predicted molar refractivity (Wildman–Crippen MR) is 113 cm³/mol. The maximum absolute atomic E-state index is 13.0. The fraction of sp³-hybridized carbons (Fsp3) is 0.450. The first-order chi connectivity index (χ1) is 14.4. The highest BCUT2D eigenvalue weighted by atomic mass is 32.2. The Morgan fingerprint density at radius 3 is 2.47 bits per heavy atom. The van der Waals surface area contributed by atoms with Crippen LogP contribution in [0.5, 0.6) is 0 Å². The summed E-state index contributed by atoms with van der Waals surface area (Å²) in [7, 11) is -4.00. The summed E-state index contributed by atoms with van der Waals surface area (Å²) < 4.78 is 27.1. The first kappa shape index (κ1) is 21.0. The molecule has 0 unspecified atom stereocenters. The molecule has 0 atom stereocenters. The molecular formula is C20H23N3O5S2. The summed E-state index contributed by atoms with van der Waals surface area (Å²) in [6.07, 6.45) is 5.57. The van der Waals surface area contributed by atoms with E-state index in [2.05, 4.69) is 0 Å². The van der Waals surface area contributed by atoms with Crippen molar-refractivity contribution in [1.29, 1.82) is 0 Å². The van der Waals surface area contributed by atoms with Crippen molar-refractivity contribution in [2.75, 3.05) is 26.2 Å². The molecule has 30 heavy (non-hydrogen) atoms. The number of aryl methyl sites for hydroxylation is 2. The zero-order valence-electron chi connectivity index (χ0n) is 16.5. The van der Waals surface area contributed by atoms with Gasteiger partial charge < -0.3 is 4.90 Å². The molecule has 2 aliphatic rings. The Kier molecular flexibility index (Phi) is 5.90. The van der Waals surface area contributed by atoms with Crippen LogP contribution in [0, 0.1) is 10.1 Å². The van der Waals surface area contributed by atoms with Crippen LogP contribution in [0.2, 0.25) is 0 Å². The summed E-state index contributed by atoms with van der Waals surface area (Å²) in [5.74, 6) is -0.0594. The minimum Gasteiger partial charge on any atom is -0.335 e. The number of nitro groups is 1. The Morgan fingerprint density at radius 2 is 1.73 bits per heavy atom. The first-order valence-electron chi connectivity index (χ1n) is 10.0. The molecule has 1 saturated heterocycles. The molecule has 2 aromatic rings. The first-order valence-corrected chi connectivity index (χ1v) is 12.3. The van der Waals surface area contributed by atoms with E-state index in [0.29, 0.717) is 0 Å². The molecule has 160 valence electrons. The summed E-state index contributed by atoms with van der Waals surface area (Å²) in [5, 5.41) is 11.2. The SMILES string of the molecule is O=C(c1cc2c(s1)CCCCC2)N1CCN(S(=O)(=O)c2ccccc2[N+](=O)[O-])CC1. The van der Waals surface area contributed by atoms with Gasteiger partial charge in [-0.25, -0.2) is 8.42 Å². The highest BCUT2D eigenvalue weighted by Gasteiger charge is 2.35. The summed E-state index contributed by atoms with van der Waals surface area (Å²) in [4.78, 5) is 26.9. The van der Waals surface area contributed by atoms with E-state index in [1.54, 1.807) is 16.2 Å². The van der Waals surface area contributed by atoms with Crippen LogP contribution in [0.25, 0.3) is 0 Å². The van der Waals surface area contributed by atoms with Crippen molar-refractivity contribution in [3.8, 4) is 0 Å². The highest BCUT2D eigenvalue weighted by molar-refractivity contribution is 7.89. The van der Waals surface area contributed by atoms with Crippen LogP contribution in [0.1, 0.15) is 39.4 Å². The van der Waals surface area contributed by atoms with Gasteiger partial charge in [0.05, 0.1) is 9.80 Å². The average Bonchev–Trinajstić information content (AvgIpc) is 3.03. The minimum absolute atomic E-state index is 0.0594. The predicted octanol–water partition coefficient (Wildman–Crippen LogP) is 3.07. The third kappa shape index (κ3) is 3.99. The number of amides is 1. The van der Waals surface area contributed by atoms with Gasteiger partial charge in [-0.1, -0.05) is 18.6 Å². The number of carbonyl (C=O) groups is 1. The van der Waals surface area contributed by atoms with Gasteiger partial charge in [-0.15, -0.1) is 11.3 Å². The van der Waals surface area contributed by atoms with E-state index < -0.39 is 20.6 Å². The van der Waals surface area contributed by atoms with Crippen LogP contribution in [0.3, 0.4) is 0 Å². The number of sulfonamides is 1. The van der Waals surface area contributed by atoms with E-state index in [1.807, 2.05) is 6.07 Å². The second-order valence-electron chi connectivity index (χ2n) is 7.54. The molecule has 0 bridgehead atoms. The molecule has 0 spiro atoms. The quantitative estimate of drug-likeness (QED) is 0.406. The molecule has 0 radical (unpaired) electrons. The van der Waals surface area contributed by atoms with E-state index in [9.17, 15) is 23.3 Å². The lowest BCUT2D eigenvalue weighted by Gasteiger charge is -2.33. The van der Waals surface area contributed by atoms with E-state index in [0.717, 1.165) is 30.6 Å². The molecule has 0 saturated carbocycles. The van der Waals surface area contributed by atoms with Gasteiger partial charge in [0.15, 0.2) is 4.90 Å². The molecule has 1 aromatic heterocycles. The number of nitrogens with zero attached hydrogens (tertiary/aromatic N) is 3. The monoisotopic (exact) mass is 449 g/mol. The van der Waals surface area contributed by atoms with Gasteiger partial charge in [0, 0.05) is 37.1 Å². The molecule has 0 N–H and O–H groups in total. The van der Waals surface area contributed by atoms with Crippen molar-refractivity contribution < 1.29 is 18.1 Å². The lowest BCUT2D eigenvalue weighted by molar-refractivity contribution is -0.387. The van der Waals surface area contributed by atoms with Gasteiger partial charge in [0.2, 0.25) is 10.0 Å². The van der Waals surface area contributed by atoms with Crippen molar-refractivity contribution >= 4 is 33.0 Å². The summed E-state index contributed by atoms with van der Waals surface area (Å²) in [5.41, 5.74) is 0.842. The standard InChI is InChI=1S/C20H23N3O5S2/c24-20(18-14-15-6-2-1-3-8-17(15)29-18)21-10-12-22(13-11-21)30(27,28)19-9-5-4-7-16(19)23(25)26/h4-5,7,9,14H,1-3,6,8,10-13H2. The second kappa shape index (κ2) is 8.44. The van der Waals surface area contributed by atoms with Gasteiger partial charge >= 0.3 is 0 Å². The fourth-order valence-electron chi connectivity index (χ4n) is 4.03. The topological polar surface area (TPSA) is 101 Å². The van der Waals surface area contributed by atoms with Crippen LogP contribution in [0.15, 0.2) is 35.2 Å². The molecule has 2 heterocycles. The molecule has 1 fully saturated rings. The van der Waals surface area contributed by atoms with E-state index in [1.165, 1.54) is 45.4 Å². The number of para-hydroxylation sites is 1. The van der Waals surface area contributed by atoms with Gasteiger partial charge in [-0.2, -0.15) is 4.31 Å². The zero-order chi connectivity index (χ0) is 21.3. The van der Waals surface area contributed by atoms with Gasteiger partial charge in [-0.3, -0.25) is 14.9 Å². The van der Waals surface area contributed by atoms with Crippen molar-refractivity contribution in [2.45, 2.75) is 37.0 Å². The number of hydrogen-bond donors (Lipinski definition) is 0. The van der Waals surface area contributed by atoms with Gasteiger partial charge in [0.1, 0.15) is 0 Å². The minimum atomic E-state index is -4.00. The molecule has 4 rings (SSSR count). The third-order valence-corrected chi connectivity index (χ3v) is 8.83. The maximum Gasteiger partial charge on any atom is 0.289 e. The molecule has 1 amide bonds. The van der Waals surface area contributed by atoms with Crippen LogP contribution in [-0.2, 0) is 22.9 Å². The third-order valence-electron chi connectivity index (χ3n) is 5.66. The number of hydrogen-bond acceptors (Lipinski definition) is 6. The Hall–Kier alpha value is -2.30. The van der Waals surface area contributed by atoms with E-state index in [4.69, 9.17) is 0 Å². The van der Waals surface area contributed by atoms with Crippen molar-refractivity contribution in [3.05, 3.63) is 55.8 Å².